The molecule has 160 valence electrons. The number of carbonyl (C=O) groups is 2. The van der Waals surface area contributed by atoms with E-state index in [4.69, 9.17) is 0 Å². The van der Waals surface area contributed by atoms with Crippen LogP contribution in [0.25, 0.3) is 0 Å². The molecule has 3 aliphatic rings. The van der Waals surface area contributed by atoms with Crippen molar-refractivity contribution in [2.45, 2.75) is 44.8 Å². The van der Waals surface area contributed by atoms with E-state index in [1.165, 1.54) is 0 Å². The Morgan fingerprint density at radius 3 is 2.45 bits per heavy atom. The fourth-order valence-electron chi connectivity index (χ4n) is 5.08. The predicted octanol–water partition coefficient (Wildman–Crippen LogP) is 1.74. The topological polar surface area (TPSA) is 81.7 Å². The zero-order valence-electron chi connectivity index (χ0n) is 17.0. The van der Waals surface area contributed by atoms with Crippen molar-refractivity contribution in [3.8, 4) is 0 Å². The normalized spacial score (nSPS) is 29.7. The molecule has 6 nitrogen and oxygen atoms in total. The van der Waals surface area contributed by atoms with Crippen molar-refractivity contribution >= 4 is 24.2 Å². The standard InChI is InChI=1S/C22H31N3O3.ClH/c1-14-4-2-3-5-18(14)22(28)25-8-6-15(7-9-25)21(27)24-19-10-16-12-23-13-17(16)11-20(19)26;/h2-5,15-17,19-20,23,26H,6-13H2,1H3,(H,24,27);1H/t16-,17+,19-,20-;/m0./s1. The van der Waals surface area contributed by atoms with E-state index in [0.717, 1.165) is 37.1 Å². The third-order valence-electron chi connectivity index (χ3n) is 6.90. The minimum absolute atomic E-state index is 0. The van der Waals surface area contributed by atoms with E-state index in [-0.39, 0.29) is 36.2 Å². The highest BCUT2D eigenvalue weighted by molar-refractivity contribution is 5.95. The van der Waals surface area contributed by atoms with Crippen LogP contribution in [0.4, 0.5) is 0 Å². The number of hydrogen-bond donors (Lipinski definition) is 3. The number of rotatable bonds is 3. The molecule has 0 bridgehead atoms. The number of aryl methyl sites for hydroxylation is 1. The van der Waals surface area contributed by atoms with Crippen molar-refractivity contribution < 1.29 is 14.7 Å². The number of benzene rings is 1. The van der Waals surface area contributed by atoms with Crippen LogP contribution in [0.3, 0.4) is 0 Å². The number of fused-ring (bicyclic) bond motifs is 1. The van der Waals surface area contributed by atoms with E-state index in [9.17, 15) is 14.7 Å². The Hall–Kier alpha value is -1.63. The summed E-state index contributed by atoms with van der Waals surface area (Å²) in [6.07, 6.45) is 2.54. The average Bonchev–Trinajstić information content (AvgIpc) is 3.15. The van der Waals surface area contributed by atoms with Crippen molar-refractivity contribution in [3.05, 3.63) is 35.4 Å². The second kappa shape index (κ2) is 9.45. The van der Waals surface area contributed by atoms with Gasteiger partial charge in [0.25, 0.3) is 5.91 Å². The average molecular weight is 422 g/mol. The summed E-state index contributed by atoms with van der Waals surface area (Å²) in [5.41, 5.74) is 1.73. The van der Waals surface area contributed by atoms with Gasteiger partial charge >= 0.3 is 0 Å². The van der Waals surface area contributed by atoms with Crippen molar-refractivity contribution in [2.75, 3.05) is 26.2 Å². The van der Waals surface area contributed by atoms with Crippen LogP contribution in [-0.2, 0) is 4.79 Å². The molecular weight excluding hydrogens is 390 g/mol. The van der Waals surface area contributed by atoms with Crippen LogP contribution >= 0.6 is 12.4 Å². The first kappa shape index (κ1) is 22.1. The molecule has 1 aromatic carbocycles. The summed E-state index contributed by atoms with van der Waals surface area (Å²) in [5.74, 6) is 1.12. The molecule has 2 saturated heterocycles. The first-order valence-electron chi connectivity index (χ1n) is 10.6. The van der Waals surface area contributed by atoms with Crippen molar-refractivity contribution in [1.82, 2.24) is 15.5 Å². The molecule has 1 aromatic rings. The molecule has 4 atom stereocenters. The molecule has 0 spiro atoms. The number of aliphatic hydroxyl groups excluding tert-OH is 1. The quantitative estimate of drug-likeness (QED) is 0.694. The zero-order chi connectivity index (χ0) is 19.7. The van der Waals surface area contributed by atoms with Crippen molar-refractivity contribution in [1.29, 1.82) is 0 Å². The van der Waals surface area contributed by atoms with Gasteiger partial charge in [-0.3, -0.25) is 9.59 Å². The lowest BCUT2D eigenvalue weighted by molar-refractivity contribution is -0.128. The lowest BCUT2D eigenvalue weighted by atomic mass is 9.77. The van der Waals surface area contributed by atoms with Gasteiger partial charge in [0.2, 0.25) is 5.91 Å². The lowest BCUT2D eigenvalue weighted by Crippen LogP contribution is -2.52. The minimum atomic E-state index is -0.451. The highest BCUT2D eigenvalue weighted by atomic mass is 35.5. The summed E-state index contributed by atoms with van der Waals surface area (Å²) in [4.78, 5) is 27.4. The van der Waals surface area contributed by atoms with Gasteiger partial charge in [0.15, 0.2) is 0 Å². The molecule has 4 rings (SSSR count). The van der Waals surface area contributed by atoms with Crippen LogP contribution in [0, 0.1) is 24.7 Å². The molecule has 2 aliphatic heterocycles. The molecule has 3 N–H and O–H groups in total. The fourth-order valence-corrected chi connectivity index (χ4v) is 5.08. The van der Waals surface area contributed by atoms with E-state index in [1.54, 1.807) is 0 Å². The maximum absolute atomic E-state index is 12.8. The highest BCUT2D eigenvalue weighted by Crippen LogP contribution is 2.33. The summed E-state index contributed by atoms with van der Waals surface area (Å²) in [6.45, 7) is 5.13. The number of likely N-dealkylation sites (tertiary alicyclic amines) is 1. The summed E-state index contributed by atoms with van der Waals surface area (Å²) >= 11 is 0. The molecule has 7 heteroatoms. The minimum Gasteiger partial charge on any atom is -0.391 e. The monoisotopic (exact) mass is 421 g/mol. The van der Waals surface area contributed by atoms with Crippen LogP contribution in [-0.4, -0.2) is 60.1 Å². The first-order valence-corrected chi connectivity index (χ1v) is 10.6. The number of carbonyl (C=O) groups excluding carboxylic acids is 2. The molecule has 2 heterocycles. The number of aliphatic hydroxyl groups is 1. The van der Waals surface area contributed by atoms with Gasteiger partial charge in [-0.15, -0.1) is 12.4 Å². The number of piperidine rings is 1. The Bertz CT molecular complexity index is 736. The van der Waals surface area contributed by atoms with Crippen LogP contribution < -0.4 is 10.6 Å². The summed E-state index contributed by atoms with van der Waals surface area (Å²) in [6, 6.07) is 7.51. The van der Waals surface area contributed by atoms with Gasteiger partial charge < -0.3 is 20.6 Å². The summed E-state index contributed by atoms with van der Waals surface area (Å²) in [7, 11) is 0. The summed E-state index contributed by atoms with van der Waals surface area (Å²) in [5, 5.41) is 16.9. The van der Waals surface area contributed by atoms with Gasteiger partial charge in [0.1, 0.15) is 0 Å². The number of nitrogens with zero attached hydrogens (tertiary/aromatic N) is 1. The van der Waals surface area contributed by atoms with Crippen LogP contribution in [0.15, 0.2) is 24.3 Å². The van der Waals surface area contributed by atoms with Crippen molar-refractivity contribution in [3.63, 3.8) is 0 Å². The van der Waals surface area contributed by atoms with E-state index in [2.05, 4.69) is 10.6 Å². The Labute approximate surface area is 178 Å². The van der Waals surface area contributed by atoms with E-state index in [0.29, 0.717) is 37.8 Å². The maximum Gasteiger partial charge on any atom is 0.254 e. The van der Waals surface area contributed by atoms with Gasteiger partial charge in [-0.05, 0) is 69.2 Å². The molecule has 0 aromatic heterocycles. The number of nitrogens with one attached hydrogen (secondary N) is 2. The van der Waals surface area contributed by atoms with Gasteiger partial charge in [0, 0.05) is 24.6 Å². The van der Waals surface area contributed by atoms with Crippen LogP contribution in [0.2, 0.25) is 0 Å². The van der Waals surface area contributed by atoms with Gasteiger partial charge in [-0.2, -0.15) is 0 Å². The van der Waals surface area contributed by atoms with E-state index < -0.39 is 6.10 Å². The number of amides is 2. The molecule has 1 aliphatic carbocycles. The van der Waals surface area contributed by atoms with E-state index >= 15 is 0 Å². The fraction of sp³-hybridized carbons (Fsp3) is 0.636. The summed E-state index contributed by atoms with van der Waals surface area (Å²) < 4.78 is 0. The molecule has 1 saturated carbocycles. The maximum atomic E-state index is 12.8. The molecule has 3 fully saturated rings. The molecule has 2 amide bonds. The highest BCUT2D eigenvalue weighted by Gasteiger charge is 2.40. The molecule has 0 unspecified atom stereocenters. The van der Waals surface area contributed by atoms with Gasteiger partial charge in [-0.1, -0.05) is 18.2 Å². The number of hydrogen-bond acceptors (Lipinski definition) is 4. The third-order valence-corrected chi connectivity index (χ3v) is 6.90. The Kier molecular flexibility index (Phi) is 7.19. The van der Waals surface area contributed by atoms with Crippen molar-refractivity contribution in [2.24, 2.45) is 17.8 Å². The lowest BCUT2D eigenvalue weighted by Gasteiger charge is -2.37. The van der Waals surface area contributed by atoms with Crippen LogP contribution in [0.5, 0.6) is 0 Å². The van der Waals surface area contributed by atoms with E-state index in [1.807, 2.05) is 36.1 Å². The van der Waals surface area contributed by atoms with Crippen LogP contribution in [0.1, 0.15) is 41.6 Å². The molecule has 29 heavy (non-hydrogen) atoms. The zero-order valence-corrected chi connectivity index (χ0v) is 17.8. The second-order valence-corrected chi connectivity index (χ2v) is 8.71. The molecular formula is C22H32ClN3O3. The largest absolute Gasteiger partial charge is 0.391 e. The first-order chi connectivity index (χ1) is 13.5. The van der Waals surface area contributed by atoms with Gasteiger partial charge in [-0.25, -0.2) is 0 Å². The Morgan fingerprint density at radius 2 is 1.76 bits per heavy atom. The second-order valence-electron chi connectivity index (χ2n) is 8.71. The SMILES string of the molecule is Cc1ccccc1C(=O)N1CCC(C(=O)N[C@H]2C[C@H]3CNC[C@H]3C[C@@H]2O)CC1.Cl. The predicted molar refractivity (Wildman–Crippen MR) is 114 cm³/mol. The third kappa shape index (κ3) is 4.76. The smallest absolute Gasteiger partial charge is 0.254 e. The molecule has 0 radical (unpaired) electrons. The van der Waals surface area contributed by atoms with Gasteiger partial charge in [0.05, 0.1) is 12.1 Å². The Morgan fingerprint density at radius 1 is 1.10 bits per heavy atom. The number of halogens is 1. The Balaban J connectivity index is 0.00000240.